The van der Waals surface area contributed by atoms with Crippen LogP contribution in [0.5, 0.6) is 0 Å². The Morgan fingerprint density at radius 2 is 1.62 bits per heavy atom. The zero-order chi connectivity index (χ0) is 33.2. The number of carbonyl (C=O) groups excluding carboxylic acids is 2. The van der Waals surface area contributed by atoms with Crippen molar-refractivity contribution in [1.29, 1.82) is 0 Å². The maximum atomic E-state index is 13.6. The van der Waals surface area contributed by atoms with Crippen LogP contribution in [0.4, 0.5) is 0 Å². The molecule has 228 valence electrons. The normalized spacial score (nSPS) is 25.3. The number of rotatable bonds is 12. The van der Waals surface area contributed by atoms with Crippen molar-refractivity contribution in [3.8, 4) is 0 Å². The summed E-state index contributed by atoms with van der Waals surface area (Å²) in [6, 6.07) is -0.673. The van der Waals surface area contributed by atoms with Gasteiger partial charge in [-0.1, -0.05) is 65.1 Å². The van der Waals surface area contributed by atoms with E-state index < -0.39 is 66.5 Å². The van der Waals surface area contributed by atoms with Crippen molar-refractivity contribution in [2.24, 2.45) is 10.8 Å². The number of phosphoric acid groups is 1. The van der Waals surface area contributed by atoms with Crippen molar-refractivity contribution >= 4 is 41.6 Å². The average Bonchev–Trinajstić information content (AvgIpc) is 3.09. The van der Waals surface area contributed by atoms with E-state index in [2.05, 4.69) is 0 Å². The summed E-state index contributed by atoms with van der Waals surface area (Å²) in [5.41, 5.74) is -5.81. The number of aliphatic hydroxyl groups excluding tert-OH is 1. The minimum absolute atomic E-state index is 0.0109. The Balaban J connectivity index is 2.27. The summed E-state index contributed by atoms with van der Waals surface area (Å²) in [4.78, 5) is 50.3. The molecule has 0 bridgehead atoms. The minimum Gasteiger partial charge on any atom is -0.387 e. The topological polar surface area (TPSA) is 183 Å². The number of nitrogens with zero attached hydrogens (tertiary/aromatic N) is 1. The smallest absolute Gasteiger partial charge is 0.387 e. The molecule has 0 saturated carbocycles. The van der Waals surface area contributed by atoms with Gasteiger partial charge in [-0.2, -0.15) is 0 Å². The van der Waals surface area contributed by atoms with Crippen molar-refractivity contribution in [1.82, 2.24) is 9.55 Å². The number of aliphatic hydroxyl groups is 2. The number of carbonyl (C=O) groups is 2. The number of aromatic nitrogens is 2. The summed E-state index contributed by atoms with van der Waals surface area (Å²) >= 11 is 1.79. The zero-order valence-corrected chi connectivity index (χ0v) is 25.9. The molecule has 1 aromatic heterocycles. The molecule has 1 fully saturated rings. The molecule has 2 heterocycles. The number of thioether (sulfide) groups is 2. The molecule has 2 rings (SSSR count). The molecular formula is C24H39N2O11PS2. The first-order valence-corrected chi connectivity index (χ1v) is 15.7. The molecule has 13 nitrogen and oxygen atoms in total. The van der Waals surface area contributed by atoms with Crippen LogP contribution >= 0.6 is 31.3 Å². The first-order chi connectivity index (χ1) is 19.4. The number of nitrogens with one attached hydrogen (secondary N) is 1. The fourth-order valence-electron chi connectivity index (χ4n) is 3.01. The molecule has 0 amide bonds. The van der Waals surface area contributed by atoms with Gasteiger partial charge in [0.1, 0.15) is 17.8 Å². The summed E-state index contributed by atoms with van der Waals surface area (Å²) in [5.74, 6) is 0.0218. The number of hydrogen-bond acceptors (Lipinski definition) is 13. The lowest BCUT2D eigenvalue weighted by molar-refractivity contribution is -0.118. The molecule has 40 heavy (non-hydrogen) atoms. The Bertz CT molecular complexity index is 1300. The first-order valence-electron chi connectivity index (χ1n) is 13.7. The molecule has 0 aromatic carbocycles. The van der Waals surface area contributed by atoms with Crippen LogP contribution in [0.1, 0.15) is 58.8 Å². The number of aromatic amines is 1. The van der Waals surface area contributed by atoms with Crippen LogP contribution in [0.15, 0.2) is 21.8 Å². The Morgan fingerprint density at radius 3 is 2.10 bits per heavy atom. The lowest BCUT2D eigenvalue weighted by Crippen LogP contribution is -2.46. The van der Waals surface area contributed by atoms with Crippen LogP contribution in [0, 0.1) is 10.8 Å². The van der Waals surface area contributed by atoms with Gasteiger partial charge in [0.2, 0.25) is 0 Å². The third-order valence-corrected chi connectivity index (χ3v) is 9.16. The van der Waals surface area contributed by atoms with Gasteiger partial charge in [-0.15, -0.1) is 0 Å². The highest BCUT2D eigenvalue weighted by Crippen LogP contribution is 2.51. The second-order valence-corrected chi connectivity index (χ2v) is 14.8. The Hall–Kier alpha value is -1.29. The van der Waals surface area contributed by atoms with E-state index in [1.807, 2.05) is 4.98 Å². The van der Waals surface area contributed by atoms with Gasteiger partial charge in [0.25, 0.3) is 5.56 Å². The van der Waals surface area contributed by atoms with Crippen molar-refractivity contribution in [2.75, 3.05) is 31.3 Å². The van der Waals surface area contributed by atoms with E-state index in [9.17, 15) is 34.0 Å². The van der Waals surface area contributed by atoms with Crippen molar-refractivity contribution in [3.63, 3.8) is 0 Å². The van der Waals surface area contributed by atoms with Gasteiger partial charge in [0.05, 0.1) is 23.9 Å². The van der Waals surface area contributed by atoms with Gasteiger partial charge in [-0.05, 0) is 6.92 Å². The van der Waals surface area contributed by atoms with Crippen molar-refractivity contribution in [3.05, 3.63) is 33.1 Å². The number of ether oxygens (including phenoxy) is 1. The van der Waals surface area contributed by atoms with E-state index in [-0.39, 0.29) is 35.0 Å². The summed E-state index contributed by atoms with van der Waals surface area (Å²) in [6.45, 7) is 7.38. The molecule has 3 N–H and O–H groups in total. The molecule has 0 radical (unpaired) electrons. The third kappa shape index (κ3) is 9.63. The average molecular weight is 630 g/mol. The number of phosphoric ester groups is 1. The monoisotopic (exact) mass is 629 g/mol. The zero-order valence-electron chi connectivity index (χ0n) is 26.4. The predicted molar refractivity (Wildman–Crippen MR) is 151 cm³/mol. The van der Waals surface area contributed by atoms with Gasteiger partial charge < -0.3 is 14.9 Å². The third-order valence-electron chi connectivity index (χ3n) is 5.34. The molecular weight excluding hydrogens is 587 g/mol. The highest BCUT2D eigenvalue weighted by atomic mass is 32.2. The number of hydrogen-bond donors (Lipinski definition) is 3. The molecule has 16 heteroatoms. The van der Waals surface area contributed by atoms with Gasteiger partial charge in [-0.3, -0.25) is 37.5 Å². The summed E-state index contributed by atoms with van der Waals surface area (Å²) in [5, 5.41) is 21.4. The van der Waals surface area contributed by atoms with E-state index in [1.165, 1.54) is 0 Å². The van der Waals surface area contributed by atoms with E-state index >= 15 is 0 Å². The van der Waals surface area contributed by atoms with E-state index in [1.54, 1.807) is 41.5 Å². The van der Waals surface area contributed by atoms with E-state index in [0.29, 0.717) is 4.57 Å². The van der Waals surface area contributed by atoms with Crippen LogP contribution in [-0.2, 0) is 32.5 Å². The second-order valence-electron chi connectivity index (χ2n) is 11.1. The molecule has 1 aromatic rings. The lowest BCUT2D eigenvalue weighted by Gasteiger charge is -2.27. The minimum atomic E-state index is -4.82. The highest BCUT2D eigenvalue weighted by molar-refractivity contribution is 8.14. The molecule has 0 aliphatic carbocycles. The molecule has 1 saturated heterocycles. The largest absolute Gasteiger partial charge is 0.474 e. The summed E-state index contributed by atoms with van der Waals surface area (Å²) in [7, 11) is -4.82. The van der Waals surface area contributed by atoms with Crippen molar-refractivity contribution in [2.45, 2.75) is 72.5 Å². The van der Waals surface area contributed by atoms with E-state index in [4.69, 9.17) is 22.4 Å². The van der Waals surface area contributed by atoms with E-state index in [0.717, 1.165) is 36.6 Å². The van der Waals surface area contributed by atoms with Crippen molar-refractivity contribution < 1.29 is 46.8 Å². The Labute approximate surface area is 245 Å². The molecule has 1 aliphatic heterocycles. The maximum absolute atomic E-state index is 13.6. The molecule has 4 atom stereocenters. The second kappa shape index (κ2) is 13.8. The molecule has 0 spiro atoms. The van der Waals surface area contributed by atoms with Gasteiger partial charge in [0.15, 0.2) is 16.5 Å². The summed E-state index contributed by atoms with van der Waals surface area (Å²) < 4.78 is 60.0. The SMILES string of the molecule is [2H]c1cn([C@@H]2O[C@H](C([2H])([2H])OP(=O)(OCCSC(=O)C(C)(C)C)OCCSC(=O)C(C)(C)C)[C@@H](O)[C@@]2(C)O)c(=O)[nH]c1=O. The standard InChI is InChI=1S/C24H39N2O11PS2/c1-22(2,3)19(29)39-12-10-34-38(33,35-11-13-40-20(30)23(4,5)6)36-14-15-17(28)24(7,32)18(37-15)26-9-8-16(27)25-21(26)31/h8-9,15,17-18,28,32H,10-14H2,1-7H3,(H,25,27,31)/t15-,17-,18-,24-/m1/s1/i8D,14D2. The highest BCUT2D eigenvalue weighted by Gasteiger charge is 2.54. The Morgan fingerprint density at radius 1 is 1.12 bits per heavy atom. The lowest BCUT2D eigenvalue weighted by atomic mass is 9.96. The summed E-state index contributed by atoms with van der Waals surface area (Å²) in [6.07, 6.45) is -5.24. The van der Waals surface area contributed by atoms with Gasteiger partial charge in [-0.25, -0.2) is 9.36 Å². The fraction of sp³-hybridized carbons (Fsp3) is 0.750. The molecule has 1 aliphatic rings. The maximum Gasteiger partial charge on any atom is 0.474 e. The van der Waals surface area contributed by atoms with Crippen LogP contribution < -0.4 is 11.2 Å². The predicted octanol–water partition coefficient (Wildman–Crippen LogP) is 2.32. The quantitative estimate of drug-likeness (QED) is 0.226. The van der Waals surface area contributed by atoms with Crippen LogP contribution in [-0.4, -0.2) is 79.1 Å². The fourth-order valence-corrected chi connectivity index (χ4v) is 5.87. The number of H-pyrrole nitrogens is 1. The van der Waals surface area contributed by atoms with Gasteiger partial charge >= 0.3 is 13.5 Å². The first kappa shape index (κ1) is 30.2. The Kier molecular flexibility index (Phi) is 10.4. The van der Waals surface area contributed by atoms with Crippen LogP contribution in [0.3, 0.4) is 0 Å². The van der Waals surface area contributed by atoms with Gasteiger partial charge in [0, 0.05) is 34.6 Å². The van der Waals surface area contributed by atoms with Crippen LogP contribution in [0.25, 0.3) is 0 Å². The van der Waals surface area contributed by atoms with Crippen LogP contribution in [0.2, 0.25) is 0 Å². The molecule has 0 unspecified atom stereocenters.